The molecule has 8 nitrogen and oxygen atoms in total. The summed E-state index contributed by atoms with van der Waals surface area (Å²) in [5, 5.41) is 2.46. The molecule has 3 amide bonds. The number of anilines is 1. The van der Waals surface area contributed by atoms with Crippen LogP contribution in [0.25, 0.3) is 0 Å². The zero-order valence-corrected chi connectivity index (χ0v) is 20.7. The van der Waals surface area contributed by atoms with Gasteiger partial charge in [0.25, 0.3) is 0 Å². The zero-order chi connectivity index (χ0) is 24.3. The summed E-state index contributed by atoms with van der Waals surface area (Å²) in [6.45, 7) is 12.3. The van der Waals surface area contributed by atoms with Crippen molar-refractivity contribution < 1.29 is 19.1 Å². The third-order valence-corrected chi connectivity index (χ3v) is 7.03. The molecule has 8 heteroatoms. The molecular weight excluding hydrogens is 432 g/mol. The van der Waals surface area contributed by atoms with Crippen LogP contribution in [0.4, 0.5) is 10.5 Å². The molecule has 0 radical (unpaired) electrons. The number of amides is 3. The Morgan fingerprint density at radius 1 is 1.03 bits per heavy atom. The number of rotatable bonds is 4. The molecule has 1 N–H and O–H groups in total. The lowest BCUT2D eigenvalue weighted by atomic mass is 9.90. The topological polar surface area (TPSA) is 82.2 Å². The summed E-state index contributed by atoms with van der Waals surface area (Å²) in [6.07, 6.45) is 2.82. The summed E-state index contributed by atoms with van der Waals surface area (Å²) in [4.78, 5) is 42.8. The molecule has 1 aromatic rings. The van der Waals surface area contributed by atoms with Crippen molar-refractivity contribution in [1.82, 2.24) is 15.1 Å². The number of likely N-dealkylation sites (tertiary alicyclic amines) is 1. The minimum atomic E-state index is -0.449. The normalized spacial score (nSPS) is 23.1. The van der Waals surface area contributed by atoms with Gasteiger partial charge in [0.1, 0.15) is 5.60 Å². The molecule has 1 unspecified atom stereocenters. The second kappa shape index (κ2) is 10.3. The fourth-order valence-electron chi connectivity index (χ4n) is 5.13. The van der Waals surface area contributed by atoms with Gasteiger partial charge in [-0.3, -0.25) is 19.8 Å². The van der Waals surface area contributed by atoms with Gasteiger partial charge in [0, 0.05) is 57.9 Å². The van der Waals surface area contributed by atoms with Crippen LogP contribution in [0.3, 0.4) is 0 Å². The predicted molar refractivity (Wildman–Crippen MR) is 131 cm³/mol. The smallest absolute Gasteiger partial charge is 0.410 e. The molecule has 0 aliphatic carbocycles. The Morgan fingerprint density at radius 2 is 1.74 bits per heavy atom. The minimum absolute atomic E-state index is 0.177. The van der Waals surface area contributed by atoms with E-state index in [0.29, 0.717) is 18.8 Å². The number of ether oxygens (including phenoxy) is 1. The van der Waals surface area contributed by atoms with Gasteiger partial charge >= 0.3 is 6.09 Å². The fraction of sp³-hybridized carbons (Fsp3) is 0.654. The van der Waals surface area contributed by atoms with Gasteiger partial charge in [0.15, 0.2) is 0 Å². The van der Waals surface area contributed by atoms with Crippen LogP contribution in [0, 0.1) is 5.92 Å². The van der Waals surface area contributed by atoms with Crippen LogP contribution in [-0.4, -0.2) is 79.1 Å². The highest BCUT2D eigenvalue weighted by Gasteiger charge is 2.30. The Hall–Kier alpha value is -2.61. The van der Waals surface area contributed by atoms with Crippen LogP contribution in [0.1, 0.15) is 57.9 Å². The molecule has 3 aliphatic rings. The van der Waals surface area contributed by atoms with Gasteiger partial charge in [-0.25, -0.2) is 4.79 Å². The highest BCUT2D eigenvalue weighted by Crippen LogP contribution is 2.29. The molecule has 34 heavy (non-hydrogen) atoms. The molecule has 3 saturated heterocycles. The first kappa shape index (κ1) is 24.5. The maximum Gasteiger partial charge on any atom is 0.410 e. The lowest BCUT2D eigenvalue weighted by molar-refractivity contribution is -0.134. The van der Waals surface area contributed by atoms with Crippen LogP contribution < -0.4 is 10.2 Å². The van der Waals surface area contributed by atoms with E-state index < -0.39 is 5.60 Å². The summed E-state index contributed by atoms with van der Waals surface area (Å²) in [5.41, 5.74) is 1.68. The SMILES string of the molecule is CC(C)(C)OC(=O)N1CCC(CN2CCN(c3cccc(C4CCC(=O)NC4=O)c3)CC2)CC1. The van der Waals surface area contributed by atoms with Crippen LogP contribution in [0.5, 0.6) is 0 Å². The number of carbonyl (C=O) groups is 3. The molecule has 0 aromatic heterocycles. The molecule has 1 aromatic carbocycles. The number of hydrogen-bond acceptors (Lipinski definition) is 6. The van der Waals surface area contributed by atoms with Crippen LogP contribution in [-0.2, 0) is 14.3 Å². The summed E-state index contributed by atoms with van der Waals surface area (Å²) < 4.78 is 5.51. The van der Waals surface area contributed by atoms with Crippen molar-refractivity contribution >= 4 is 23.6 Å². The maximum absolute atomic E-state index is 12.3. The third-order valence-electron chi connectivity index (χ3n) is 7.03. The molecule has 0 bridgehead atoms. The van der Waals surface area contributed by atoms with Crippen LogP contribution in [0.15, 0.2) is 24.3 Å². The number of hydrogen-bond donors (Lipinski definition) is 1. The minimum Gasteiger partial charge on any atom is -0.444 e. The first-order valence-corrected chi connectivity index (χ1v) is 12.6. The Bertz CT molecular complexity index is 896. The summed E-state index contributed by atoms with van der Waals surface area (Å²) in [7, 11) is 0. The quantitative estimate of drug-likeness (QED) is 0.682. The Kier molecular flexibility index (Phi) is 7.45. The fourth-order valence-corrected chi connectivity index (χ4v) is 5.13. The first-order chi connectivity index (χ1) is 16.2. The Balaban J connectivity index is 1.23. The molecule has 0 spiro atoms. The van der Waals surface area contributed by atoms with Crippen LogP contribution >= 0.6 is 0 Å². The van der Waals surface area contributed by atoms with E-state index in [2.05, 4.69) is 27.2 Å². The number of carbonyl (C=O) groups excluding carboxylic acids is 3. The Morgan fingerprint density at radius 3 is 2.38 bits per heavy atom. The van der Waals surface area contributed by atoms with Gasteiger partial charge in [0.2, 0.25) is 11.8 Å². The van der Waals surface area contributed by atoms with E-state index in [-0.39, 0.29) is 23.8 Å². The monoisotopic (exact) mass is 470 g/mol. The second-order valence-corrected chi connectivity index (χ2v) is 10.8. The Labute approximate surface area is 202 Å². The third kappa shape index (κ3) is 6.29. The molecule has 3 heterocycles. The molecular formula is C26H38N4O4. The average molecular weight is 471 g/mol. The molecule has 3 aliphatic heterocycles. The first-order valence-electron chi connectivity index (χ1n) is 12.6. The van der Waals surface area contributed by atoms with Crippen molar-refractivity contribution in [3.8, 4) is 0 Å². The molecule has 0 saturated carbocycles. The lowest BCUT2D eigenvalue weighted by Gasteiger charge is -2.40. The van der Waals surface area contributed by atoms with E-state index in [0.717, 1.165) is 69.9 Å². The number of piperidine rings is 2. The van der Waals surface area contributed by atoms with Crippen molar-refractivity contribution in [3.63, 3.8) is 0 Å². The zero-order valence-electron chi connectivity index (χ0n) is 20.7. The number of nitrogens with one attached hydrogen (secondary N) is 1. The number of piperazine rings is 1. The van der Waals surface area contributed by atoms with Gasteiger partial charge in [-0.05, 0) is 63.6 Å². The maximum atomic E-state index is 12.3. The van der Waals surface area contributed by atoms with Crippen molar-refractivity contribution in [2.75, 3.05) is 50.7 Å². The van der Waals surface area contributed by atoms with E-state index >= 15 is 0 Å². The molecule has 186 valence electrons. The number of imide groups is 1. The van der Waals surface area contributed by atoms with E-state index in [4.69, 9.17) is 4.74 Å². The number of benzene rings is 1. The van der Waals surface area contributed by atoms with E-state index in [9.17, 15) is 14.4 Å². The van der Waals surface area contributed by atoms with E-state index in [1.54, 1.807) is 0 Å². The van der Waals surface area contributed by atoms with Gasteiger partial charge in [-0.2, -0.15) is 0 Å². The van der Waals surface area contributed by atoms with Gasteiger partial charge in [0.05, 0.1) is 5.92 Å². The molecule has 4 rings (SSSR count). The predicted octanol–water partition coefficient (Wildman–Crippen LogP) is 2.98. The lowest BCUT2D eigenvalue weighted by Crippen LogP contribution is -2.49. The van der Waals surface area contributed by atoms with Crippen molar-refractivity contribution in [3.05, 3.63) is 29.8 Å². The summed E-state index contributed by atoms with van der Waals surface area (Å²) >= 11 is 0. The van der Waals surface area contributed by atoms with E-state index in [1.807, 2.05) is 37.8 Å². The van der Waals surface area contributed by atoms with Crippen molar-refractivity contribution in [1.29, 1.82) is 0 Å². The summed E-state index contributed by atoms with van der Waals surface area (Å²) in [5.74, 6) is 0.00607. The standard InChI is InChI=1S/C26H38N4O4/c1-26(2,3)34-25(33)30-11-9-19(10-12-30)18-28-13-15-29(16-14-28)21-6-4-5-20(17-21)22-7-8-23(31)27-24(22)32/h4-6,17,19,22H,7-16,18H2,1-3H3,(H,27,31,32). The van der Waals surface area contributed by atoms with Crippen LogP contribution in [0.2, 0.25) is 0 Å². The highest BCUT2D eigenvalue weighted by molar-refractivity contribution is 6.01. The largest absolute Gasteiger partial charge is 0.444 e. The second-order valence-electron chi connectivity index (χ2n) is 10.8. The average Bonchev–Trinajstić information content (AvgIpc) is 2.79. The number of nitrogens with zero attached hydrogens (tertiary/aromatic N) is 3. The van der Waals surface area contributed by atoms with Crippen molar-refractivity contribution in [2.45, 2.75) is 58.0 Å². The van der Waals surface area contributed by atoms with Crippen molar-refractivity contribution in [2.24, 2.45) is 5.92 Å². The summed E-state index contributed by atoms with van der Waals surface area (Å²) in [6, 6.07) is 8.22. The van der Waals surface area contributed by atoms with E-state index in [1.165, 1.54) is 0 Å². The van der Waals surface area contributed by atoms with Gasteiger partial charge in [-0.15, -0.1) is 0 Å². The highest BCUT2D eigenvalue weighted by atomic mass is 16.6. The molecule has 1 atom stereocenters. The molecule has 3 fully saturated rings. The van der Waals surface area contributed by atoms with Gasteiger partial charge in [-0.1, -0.05) is 12.1 Å². The van der Waals surface area contributed by atoms with Gasteiger partial charge < -0.3 is 14.5 Å².